The molecule has 0 fully saturated rings. The molecule has 21 heavy (non-hydrogen) atoms. The maximum atomic E-state index is 6.30. The second kappa shape index (κ2) is 7.48. The highest BCUT2D eigenvalue weighted by molar-refractivity contribution is 9.10. The van der Waals surface area contributed by atoms with Gasteiger partial charge >= 0.3 is 0 Å². The van der Waals surface area contributed by atoms with E-state index in [-0.39, 0.29) is 6.04 Å². The summed E-state index contributed by atoms with van der Waals surface area (Å²) in [4.78, 5) is 2.18. The average molecular weight is 349 g/mol. The molecule has 0 aliphatic rings. The minimum Gasteiger partial charge on any atom is -0.495 e. The Bertz CT molecular complexity index is 589. The van der Waals surface area contributed by atoms with Gasteiger partial charge in [-0.25, -0.2) is 0 Å². The molecule has 2 aromatic carbocycles. The molecule has 112 valence electrons. The topological polar surface area (TPSA) is 38.5 Å². The van der Waals surface area contributed by atoms with Crippen molar-refractivity contribution in [2.24, 2.45) is 5.73 Å². The maximum absolute atomic E-state index is 6.30. The number of nitrogens with zero attached hydrogens (tertiary/aromatic N) is 1. The molecule has 1 atom stereocenters. The van der Waals surface area contributed by atoms with E-state index in [1.54, 1.807) is 7.11 Å². The zero-order valence-corrected chi connectivity index (χ0v) is 14.0. The number of halogens is 1. The Labute approximate surface area is 134 Å². The van der Waals surface area contributed by atoms with Crippen molar-refractivity contribution < 1.29 is 4.74 Å². The number of ether oxygens (including phenoxy) is 1. The van der Waals surface area contributed by atoms with Gasteiger partial charge in [0.25, 0.3) is 0 Å². The molecule has 0 heterocycles. The Morgan fingerprint density at radius 3 is 2.52 bits per heavy atom. The van der Waals surface area contributed by atoms with Gasteiger partial charge in [0.1, 0.15) is 5.75 Å². The number of hydrogen-bond donors (Lipinski definition) is 1. The summed E-state index contributed by atoms with van der Waals surface area (Å²) in [7, 11) is 3.75. The molecule has 2 aromatic rings. The van der Waals surface area contributed by atoms with Gasteiger partial charge in [0, 0.05) is 24.1 Å². The van der Waals surface area contributed by atoms with Crippen molar-refractivity contribution in [1.29, 1.82) is 0 Å². The monoisotopic (exact) mass is 348 g/mol. The average Bonchev–Trinajstić information content (AvgIpc) is 2.52. The number of para-hydroxylation sites is 2. The van der Waals surface area contributed by atoms with Crippen LogP contribution in [0.25, 0.3) is 0 Å². The van der Waals surface area contributed by atoms with Crippen molar-refractivity contribution >= 4 is 21.6 Å². The predicted octanol–water partition coefficient (Wildman–Crippen LogP) is 3.98. The van der Waals surface area contributed by atoms with Gasteiger partial charge in [0.05, 0.1) is 12.8 Å². The Morgan fingerprint density at radius 2 is 1.81 bits per heavy atom. The second-order valence-electron chi connectivity index (χ2n) is 5.01. The molecule has 0 radical (unpaired) electrons. The molecular weight excluding hydrogens is 328 g/mol. The highest BCUT2D eigenvalue weighted by Gasteiger charge is 2.12. The van der Waals surface area contributed by atoms with E-state index in [0.717, 1.165) is 34.4 Å². The van der Waals surface area contributed by atoms with Crippen LogP contribution in [0.4, 0.5) is 5.69 Å². The van der Waals surface area contributed by atoms with Crippen LogP contribution >= 0.6 is 15.9 Å². The molecule has 1 unspecified atom stereocenters. The number of hydrogen-bond acceptors (Lipinski definition) is 3. The van der Waals surface area contributed by atoms with Crippen LogP contribution in [0.3, 0.4) is 0 Å². The molecule has 2 N–H and O–H groups in total. The van der Waals surface area contributed by atoms with Crippen molar-refractivity contribution in [2.75, 3.05) is 25.6 Å². The lowest BCUT2D eigenvalue weighted by molar-refractivity contribution is 0.414. The number of anilines is 1. The first-order valence-electron chi connectivity index (χ1n) is 6.97. The quantitative estimate of drug-likeness (QED) is 0.857. The van der Waals surface area contributed by atoms with E-state index in [1.807, 2.05) is 36.4 Å². The molecule has 0 saturated carbocycles. The van der Waals surface area contributed by atoms with Crippen LogP contribution in [-0.2, 0) is 0 Å². The second-order valence-corrected chi connectivity index (χ2v) is 5.86. The number of methoxy groups -OCH3 is 1. The Morgan fingerprint density at radius 1 is 1.14 bits per heavy atom. The lowest BCUT2D eigenvalue weighted by Crippen LogP contribution is -2.23. The third-order valence-corrected chi connectivity index (χ3v) is 4.30. The number of benzene rings is 2. The molecule has 3 nitrogen and oxygen atoms in total. The molecule has 4 heteroatoms. The summed E-state index contributed by atoms with van der Waals surface area (Å²) < 4.78 is 6.46. The van der Waals surface area contributed by atoms with E-state index >= 15 is 0 Å². The van der Waals surface area contributed by atoms with E-state index in [4.69, 9.17) is 10.5 Å². The summed E-state index contributed by atoms with van der Waals surface area (Å²) in [5, 5.41) is 0. The zero-order valence-electron chi connectivity index (χ0n) is 12.4. The van der Waals surface area contributed by atoms with Crippen LogP contribution in [0.5, 0.6) is 5.75 Å². The first kappa shape index (κ1) is 15.9. The normalized spacial score (nSPS) is 12.0. The zero-order chi connectivity index (χ0) is 15.2. The lowest BCUT2D eigenvalue weighted by Gasteiger charge is -2.23. The fourth-order valence-electron chi connectivity index (χ4n) is 2.33. The number of nitrogens with two attached hydrogens (primary N) is 1. The van der Waals surface area contributed by atoms with Crippen LogP contribution in [0.1, 0.15) is 18.0 Å². The van der Waals surface area contributed by atoms with Crippen LogP contribution < -0.4 is 15.4 Å². The fraction of sp³-hybridized carbons (Fsp3) is 0.294. The van der Waals surface area contributed by atoms with Gasteiger partial charge in [-0.2, -0.15) is 0 Å². The SMILES string of the molecule is COc1ccccc1N(C)CCC(N)c1ccccc1Br. The highest BCUT2D eigenvalue weighted by atomic mass is 79.9. The van der Waals surface area contributed by atoms with Crippen molar-refractivity contribution in [2.45, 2.75) is 12.5 Å². The van der Waals surface area contributed by atoms with Crippen LogP contribution in [-0.4, -0.2) is 20.7 Å². The number of rotatable bonds is 6. The van der Waals surface area contributed by atoms with Crippen LogP contribution in [0.15, 0.2) is 53.0 Å². The summed E-state index contributed by atoms with van der Waals surface area (Å²) in [5.74, 6) is 0.884. The Balaban J connectivity index is 2.01. The van der Waals surface area contributed by atoms with E-state index in [2.05, 4.69) is 40.0 Å². The van der Waals surface area contributed by atoms with Gasteiger partial charge in [0.15, 0.2) is 0 Å². The molecule has 2 rings (SSSR count). The molecule has 0 spiro atoms. The van der Waals surface area contributed by atoms with Crippen LogP contribution in [0.2, 0.25) is 0 Å². The predicted molar refractivity (Wildman–Crippen MR) is 92.0 cm³/mol. The lowest BCUT2D eigenvalue weighted by atomic mass is 10.0. The largest absolute Gasteiger partial charge is 0.495 e. The van der Waals surface area contributed by atoms with Crippen LogP contribution in [0, 0.1) is 0 Å². The van der Waals surface area contributed by atoms with Gasteiger partial charge in [0.2, 0.25) is 0 Å². The van der Waals surface area contributed by atoms with Crippen molar-refractivity contribution in [3.8, 4) is 5.75 Å². The van der Waals surface area contributed by atoms with Gasteiger partial charge in [-0.3, -0.25) is 0 Å². The van der Waals surface area contributed by atoms with E-state index in [0.29, 0.717) is 0 Å². The van der Waals surface area contributed by atoms with Gasteiger partial charge in [-0.05, 0) is 30.2 Å². The van der Waals surface area contributed by atoms with Gasteiger partial charge in [-0.1, -0.05) is 46.3 Å². The maximum Gasteiger partial charge on any atom is 0.142 e. The summed E-state index contributed by atoms with van der Waals surface area (Å²) >= 11 is 3.56. The first-order valence-corrected chi connectivity index (χ1v) is 7.77. The third-order valence-electron chi connectivity index (χ3n) is 3.58. The standard InChI is InChI=1S/C17H21BrN2O/c1-20(16-9-5-6-10-17(16)21-2)12-11-15(19)13-7-3-4-8-14(13)18/h3-10,15H,11-12,19H2,1-2H3. The Hall–Kier alpha value is -1.52. The first-order chi connectivity index (χ1) is 10.1. The van der Waals surface area contributed by atoms with Crippen molar-refractivity contribution in [3.63, 3.8) is 0 Å². The molecule has 0 aliphatic carbocycles. The smallest absolute Gasteiger partial charge is 0.142 e. The Kier molecular flexibility index (Phi) is 5.65. The minimum absolute atomic E-state index is 0.0118. The molecule has 0 aromatic heterocycles. The molecule has 0 saturated heterocycles. The van der Waals surface area contributed by atoms with Gasteiger partial charge in [-0.15, -0.1) is 0 Å². The van der Waals surface area contributed by atoms with E-state index in [1.165, 1.54) is 0 Å². The summed E-state index contributed by atoms with van der Waals surface area (Å²) in [6, 6.07) is 16.1. The van der Waals surface area contributed by atoms with E-state index < -0.39 is 0 Å². The van der Waals surface area contributed by atoms with Gasteiger partial charge < -0.3 is 15.4 Å². The fourth-order valence-corrected chi connectivity index (χ4v) is 2.91. The molecular formula is C17H21BrN2O. The summed E-state index contributed by atoms with van der Waals surface area (Å²) in [6.07, 6.45) is 0.872. The summed E-state index contributed by atoms with van der Waals surface area (Å²) in [6.45, 7) is 0.864. The summed E-state index contributed by atoms with van der Waals surface area (Å²) in [5.41, 5.74) is 8.53. The van der Waals surface area contributed by atoms with Crippen molar-refractivity contribution in [3.05, 3.63) is 58.6 Å². The molecule has 0 bridgehead atoms. The van der Waals surface area contributed by atoms with E-state index in [9.17, 15) is 0 Å². The minimum atomic E-state index is 0.0118. The highest BCUT2D eigenvalue weighted by Crippen LogP contribution is 2.28. The molecule has 0 aliphatic heterocycles. The third kappa shape index (κ3) is 3.99. The molecule has 0 amide bonds. The van der Waals surface area contributed by atoms with Crippen molar-refractivity contribution in [1.82, 2.24) is 0 Å².